The zero-order valence-corrected chi connectivity index (χ0v) is 16.2. The minimum atomic E-state index is -1.80. The van der Waals surface area contributed by atoms with E-state index in [9.17, 15) is 34.0 Å². The van der Waals surface area contributed by atoms with Crippen molar-refractivity contribution in [3.63, 3.8) is 0 Å². The van der Waals surface area contributed by atoms with Crippen molar-refractivity contribution < 1.29 is 33.8 Å². The van der Waals surface area contributed by atoms with Crippen LogP contribution < -0.4 is 5.32 Å². The molecule has 0 aromatic heterocycles. The van der Waals surface area contributed by atoms with E-state index in [4.69, 9.17) is 4.74 Å². The highest BCUT2D eigenvalue weighted by atomic mass is 79.9. The van der Waals surface area contributed by atoms with E-state index in [1.165, 1.54) is 6.92 Å². The number of amides is 2. The Balaban J connectivity index is 2.16. The Morgan fingerprint density at radius 1 is 1.44 bits per heavy atom. The van der Waals surface area contributed by atoms with Crippen LogP contribution in [0, 0.1) is 4.91 Å². The molecule has 27 heavy (non-hydrogen) atoms. The molecule has 0 aliphatic carbocycles. The van der Waals surface area contributed by atoms with Gasteiger partial charge in [-0.1, -0.05) is 15.9 Å². The molecule has 0 aromatic carbocycles. The van der Waals surface area contributed by atoms with Crippen LogP contribution in [0.1, 0.15) is 6.92 Å². The predicted octanol–water partition coefficient (Wildman–Crippen LogP) is -0.613. The summed E-state index contributed by atoms with van der Waals surface area (Å²) < 4.78 is 4.81. The molecule has 11 nitrogen and oxygen atoms in total. The van der Waals surface area contributed by atoms with E-state index >= 15 is 0 Å². The molecule has 0 aromatic rings. The molecule has 2 rings (SSSR count). The molecule has 0 spiro atoms. The van der Waals surface area contributed by atoms with E-state index in [1.807, 2.05) is 0 Å². The SMILES string of the molecule is CC(=O)OCC1=C(C(=O)O)N2C(=O)C(NC(=O)C(N=O)C(=O)CBr)[C@@H]2SC1. The number of alkyl halides is 1. The van der Waals surface area contributed by atoms with Crippen LogP contribution >= 0.6 is 27.7 Å². The average molecular weight is 464 g/mol. The highest BCUT2D eigenvalue weighted by Crippen LogP contribution is 2.40. The van der Waals surface area contributed by atoms with E-state index < -0.39 is 47.0 Å². The van der Waals surface area contributed by atoms with Crippen LogP contribution in [0.25, 0.3) is 0 Å². The number of nitrogens with zero attached hydrogens (tertiary/aromatic N) is 2. The lowest BCUT2D eigenvalue weighted by Gasteiger charge is -2.49. The van der Waals surface area contributed by atoms with Crippen LogP contribution in [0.15, 0.2) is 16.4 Å². The molecule has 0 saturated carbocycles. The first-order valence-corrected chi connectivity index (χ1v) is 9.64. The van der Waals surface area contributed by atoms with Gasteiger partial charge in [-0.2, -0.15) is 0 Å². The minimum Gasteiger partial charge on any atom is -0.477 e. The number of fused-ring (bicyclic) bond motifs is 1. The quantitative estimate of drug-likeness (QED) is 0.157. The number of nitroso groups, excluding NO2 is 1. The second kappa shape index (κ2) is 8.61. The number of nitrogens with one attached hydrogen (secondary N) is 1. The molecular formula is C14H14BrN3O8S. The summed E-state index contributed by atoms with van der Waals surface area (Å²) in [6.07, 6.45) is 0. The minimum absolute atomic E-state index is 0.158. The van der Waals surface area contributed by atoms with E-state index in [2.05, 4.69) is 26.4 Å². The van der Waals surface area contributed by atoms with Gasteiger partial charge in [-0.3, -0.25) is 24.1 Å². The van der Waals surface area contributed by atoms with Gasteiger partial charge in [0, 0.05) is 18.2 Å². The molecule has 2 heterocycles. The third-order valence-electron chi connectivity index (χ3n) is 3.79. The maximum atomic E-state index is 12.4. The zero-order chi connectivity index (χ0) is 20.3. The summed E-state index contributed by atoms with van der Waals surface area (Å²) in [5.74, 6) is -4.32. The number of carboxylic acids is 1. The maximum absolute atomic E-state index is 12.4. The summed E-state index contributed by atoms with van der Waals surface area (Å²) in [7, 11) is 0. The van der Waals surface area contributed by atoms with Gasteiger partial charge in [0.2, 0.25) is 6.04 Å². The third-order valence-corrected chi connectivity index (χ3v) is 5.68. The summed E-state index contributed by atoms with van der Waals surface area (Å²) in [6, 6.07) is -2.90. The number of rotatable bonds is 8. The molecule has 2 aliphatic heterocycles. The number of carbonyl (C=O) groups is 5. The van der Waals surface area contributed by atoms with E-state index in [0.29, 0.717) is 0 Å². The molecule has 2 N–H and O–H groups in total. The fourth-order valence-corrected chi connectivity index (χ4v) is 4.18. The fourth-order valence-electron chi connectivity index (χ4n) is 2.54. The molecule has 0 radical (unpaired) electrons. The smallest absolute Gasteiger partial charge is 0.352 e. The van der Waals surface area contributed by atoms with Gasteiger partial charge in [0.15, 0.2) is 5.78 Å². The lowest BCUT2D eigenvalue weighted by Crippen LogP contribution is -2.71. The number of carbonyl (C=O) groups excluding carboxylic acids is 4. The Morgan fingerprint density at radius 3 is 2.63 bits per heavy atom. The number of β-lactam (4-membered cyclic amide) rings is 1. The highest BCUT2D eigenvalue weighted by molar-refractivity contribution is 9.09. The van der Waals surface area contributed by atoms with Gasteiger partial charge in [0.25, 0.3) is 11.8 Å². The summed E-state index contributed by atoms with van der Waals surface area (Å²) >= 11 is 3.99. The molecular weight excluding hydrogens is 450 g/mol. The lowest BCUT2D eigenvalue weighted by atomic mass is 10.0. The van der Waals surface area contributed by atoms with Crippen molar-refractivity contribution in [2.24, 2.45) is 5.18 Å². The Hall–Kier alpha value is -2.28. The van der Waals surface area contributed by atoms with Gasteiger partial charge in [0.1, 0.15) is 23.7 Å². The molecule has 13 heteroatoms. The van der Waals surface area contributed by atoms with Gasteiger partial charge in [-0.15, -0.1) is 16.7 Å². The van der Waals surface area contributed by atoms with Gasteiger partial charge < -0.3 is 15.2 Å². The first kappa shape index (κ1) is 21.0. The summed E-state index contributed by atoms with van der Waals surface area (Å²) in [6.45, 7) is 0.903. The number of ketones is 1. The number of halogens is 1. The Labute approximate surface area is 164 Å². The molecule has 3 atom stereocenters. The standard InChI is InChI=1S/C14H14BrN3O8S/c1-5(19)26-3-6-4-27-13-9(12(22)18(13)10(6)14(23)24)16-11(21)8(17-25)7(20)2-15/h8-9,13H,2-4H2,1H3,(H,16,21)(H,23,24)/t8?,9?,13-/m0/s1. The Morgan fingerprint density at radius 2 is 2.11 bits per heavy atom. The number of carboxylic acid groups (broad SMARTS) is 1. The number of thioether (sulfide) groups is 1. The average Bonchev–Trinajstić information content (AvgIpc) is 2.63. The van der Waals surface area contributed by atoms with Crippen LogP contribution in [-0.2, 0) is 28.7 Å². The first-order chi connectivity index (χ1) is 12.7. The van der Waals surface area contributed by atoms with Gasteiger partial charge in [-0.25, -0.2) is 4.79 Å². The van der Waals surface area contributed by atoms with E-state index in [1.54, 1.807) is 0 Å². The van der Waals surface area contributed by atoms with Crippen molar-refractivity contribution in [2.75, 3.05) is 17.7 Å². The van der Waals surface area contributed by atoms with Crippen LogP contribution in [0.4, 0.5) is 0 Å². The second-order valence-electron chi connectivity index (χ2n) is 5.54. The van der Waals surface area contributed by atoms with Crippen LogP contribution in [0.3, 0.4) is 0 Å². The number of Topliss-reactive ketones (excluding diaryl/α,β-unsaturated/α-hetero) is 1. The van der Waals surface area contributed by atoms with Crippen LogP contribution in [0.5, 0.6) is 0 Å². The van der Waals surface area contributed by atoms with Crippen molar-refractivity contribution in [1.82, 2.24) is 10.2 Å². The molecule has 2 aliphatic rings. The molecule has 2 unspecified atom stereocenters. The molecule has 146 valence electrons. The monoisotopic (exact) mass is 463 g/mol. The lowest BCUT2D eigenvalue weighted by molar-refractivity contribution is -0.151. The van der Waals surface area contributed by atoms with Crippen molar-refractivity contribution in [2.45, 2.75) is 24.4 Å². The van der Waals surface area contributed by atoms with Gasteiger partial charge >= 0.3 is 11.9 Å². The van der Waals surface area contributed by atoms with Crippen molar-refractivity contribution in [3.8, 4) is 0 Å². The van der Waals surface area contributed by atoms with Crippen molar-refractivity contribution in [3.05, 3.63) is 16.2 Å². The Bertz CT molecular complexity index is 755. The number of ether oxygens (including phenoxy) is 1. The number of hydrogen-bond donors (Lipinski definition) is 2. The summed E-state index contributed by atoms with van der Waals surface area (Å²) in [4.78, 5) is 70.1. The third kappa shape index (κ3) is 4.18. The predicted molar refractivity (Wildman–Crippen MR) is 94.7 cm³/mol. The molecule has 1 saturated heterocycles. The first-order valence-electron chi connectivity index (χ1n) is 7.47. The number of esters is 1. The summed E-state index contributed by atoms with van der Waals surface area (Å²) in [5, 5.41) is 13.2. The molecule has 2 amide bonds. The van der Waals surface area contributed by atoms with Crippen LogP contribution in [0.2, 0.25) is 0 Å². The maximum Gasteiger partial charge on any atom is 0.352 e. The summed E-state index contributed by atoms with van der Waals surface area (Å²) in [5.41, 5.74) is -0.0592. The second-order valence-corrected chi connectivity index (χ2v) is 7.21. The largest absolute Gasteiger partial charge is 0.477 e. The fraction of sp³-hybridized carbons (Fsp3) is 0.500. The Kier molecular flexibility index (Phi) is 6.70. The van der Waals surface area contributed by atoms with Crippen molar-refractivity contribution >= 4 is 57.2 Å². The van der Waals surface area contributed by atoms with Crippen LogP contribution in [-0.4, -0.2) is 74.7 Å². The number of hydrogen-bond acceptors (Lipinski definition) is 9. The topological polar surface area (TPSA) is 160 Å². The van der Waals surface area contributed by atoms with E-state index in [0.717, 1.165) is 16.7 Å². The van der Waals surface area contributed by atoms with Crippen molar-refractivity contribution in [1.29, 1.82) is 0 Å². The normalized spacial score (nSPS) is 22.3. The molecule has 0 bridgehead atoms. The van der Waals surface area contributed by atoms with Gasteiger partial charge in [0.05, 0.1) is 5.33 Å². The molecule has 1 fully saturated rings. The zero-order valence-electron chi connectivity index (χ0n) is 13.8. The van der Waals surface area contributed by atoms with Gasteiger partial charge in [-0.05, 0) is 5.18 Å². The van der Waals surface area contributed by atoms with E-state index in [-0.39, 0.29) is 29.0 Å². The number of aliphatic carboxylic acids is 1. The highest BCUT2D eigenvalue weighted by Gasteiger charge is 2.54.